The van der Waals surface area contributed by atoms with Crippen LogP contribution in [0.1, 0.15) is 28.9 Å². The first-order chi connectivity index (χ1) is 13.2. The summed E-state index contributed by atoms with van der Waals surface area (Å²) in [4.78, 5) is 24.9. The summed E-state index contributed by atoms with van der Waals surface area (Å²) in [5.74, 6) is 1.39. The molecule has 2 heterocycles. The van der Waals surface area contributed by atoms with Gasteiger partial charge in [-0.05, 0) is 43.4 Å². The van der Waals surface area contributed by atoms with Crippen LogP contribution in [0.25, 0.3) is 0 Å². The van der Waals surface area contributed by atoms with Gasteiger partial charge in [0.1, 0.15) is 11.4 Å². The Kier molecular flexibility index (Phi) is 6.76. The van der Waals surface area contributed by atoms with Crippen molar-refractivity contribution < 1.29 is 9.53 Å². The maximum atomic E-state index is 12.5. The molecule has 1 amide bonds. The third-order valence-corrected chi connectivity index (χ3v) is 5.15. The number of ether oxygens (including phenoxy) is 1. The topological polar surface area (TPSA) is 58.6 Å². The van der Waals surface area contributed by atoms with E-state index in [-0.39, 0.29) is 5.91 Å². The number of hydrogen-bond acceptors (Lipinski definition) is 5. The van der Waals surface area contributed by atoms with Gasteiger partial charge in [-0.25, -0.2) is 4.98 Å². The monoisotopic (exact) mass is 368 g/mol. The van der Waals surface area contributed by atoms with E-state index in [1.54, 1.807) is 24.4 Å². The van der Waals surface area contributed by atoms with E-state index in [2.05, 4.69) is 27.0 Å². The Morgan fingerprint density at radius 1 is 1.33 bits per heavy atom. The fourth-order valence-corrected chi connectivity index (χ4v) is 3.77. The van der Waals surface area contributed by atoms with Gasteiger partial charge in [-0.2, -0.15) is 0 Å². The fraction of sp³-hybridized carbons (Fsp3) is 0.476. The summed E-state index contributed by atoms with van der Waals surface area (Å²) in [6.07, 6.45) is 7.97. The third kappa shape index (κ3) is 5.26. The molecule has 0 spiro atoms. The van der Waals surface area contributed by atoms with Gasteiger partial charge in [-0.1, -0.05) is 18.2 Å². The predicted molar refractivity (Wildman–Crippen MR) is 105 cm³/mol. The van der Waals surface area contributed by atoms with Crippen molar-refractivity contribution in [3.05, 3.63) is 54.1 Å². The van der Waals surface area contributed by atoms with Crippen LogP contribution in [-0.2, 0) is 6.42 Å². The summed E-state index contributed by atoms with van der Waals surface area (Å²) >= 11 is 0. The molecule has 6 heteroatoms. The van der Waals surface area contributed by atoms with Gasteiger partial charge in [-0.15, -0.1) is 0 Å². The van der Waals surface area contributed by atoms with Crippen LogP contribution in [0, 0.1) is 5.92 Å². The van der Waals surface area contributed by atoms with Crippen LogP contribution in [0.3, 0.4) is 0 Å². The van der Waals surface area contributed by atoms with Crippen molar-refractivity contribution >= 4 is 5.91 Å². The van der Waals surface area contributed by atoms with Crippen molar-refractivity contribution in [3.8, 4) is 5.75 Å². The zero-order chi connectivity index (χ0) is 19.1. The number of para-hydroxylation sites is 1. The molecular weight excluding hydrogens is 340 g/mol. The molecular formula is C21H28N4O2. The maximum absolute atomic E-state index is 12.5. The number of nitrogens with zero attached hydrogens (tertiary/aromatic N) is 4. The van der Waals surface area contributed by atoms with Gasteiger partial charge in [0, 0.05) is 39.1 Å². The average molecular weight is 368 g/mol. The van der Waals surface area contributed by atoms with E-state index in [0.29, 0.717) is 11.6 Å². The molecule has 0 bridgehead atoms. The first kappa shape index (κ1) is 19.3. The highest BCUT2D eigenvalue weighted by molar-refractivity contribution is 5.91. The average Bonchev–Trinajstić information content (AvgIpc) is 2.72. The van der Waals surface area contributed by atoms with Crippen LogP contribution >= 0.6 is 0 Å². The number of carbonyl (C=O) groups is 1. The van der Waals surface area contributed by atoms with E-state index in [9.17, 15) is 4.79 Å². The smallest absolute Gasteiger partial charge is 0.273 e. The number of rotatable bonds is 7. The molecule has 0 N–H and O–H groups in total. The molecule has 1 aromatic carbocycles. The van der Waals surface area contributed by atoms with Gasteiger partial charge in [0.2, 0.25) is 0 Å². The molecule has 1 saturated heterocycles. The summed E-state index contributed by atoms with van der Waals surface area (Å²) in [5, 5.41) is 0. The normalized spacial score (nSPS) is 17.5. The molecule has 1 aliphatic rings. The highest BCUT2D eigenvalue weighted by atomic mass is 16.5. The predicted octanol–water partition coefficient (Wildman–Crippen LogP) is 2.51. The SMILES string of the molecule is COc1ccccc1CCN1CCC[C@@H](CN(C)C(=O)c2cnccn2)C1. The first-order valence-corrected chi connectivity index (χ1v) is 9.53. The molecule has 2 aromatic rings. The second kappa shape index (κ2) is 9.46. The molecule has 27 heavy (non-hydrogen) atoms. The molecule has 6 nitrogen and oxygen atoms in total. The Labute approximate surface area is 161 Å². The van der Waals surface area contributed by atoms with E-state index in [0.717, 1.165) is 44.8 Å². The van der Waals surface area contributed by atoms with Crippen LogP contribution in [0.15, 0.2) is 42.9 Å². The highest BCUT2D eigenvalue weighted by Gasteiger charge is 2.23. The Hall–Kier alpha value is -2.47. The van der Waals surface area contributed by atoms with Gasteiger partial charge in [-0.3, -0.25) is 9.78 Å². The minimum absolute atomic E-state index is 0.0609. The molecule has 1 atom stereocenters. The molecule has 3 rings (SSSR count). The number of amides is 1. The zero-order valence-electron chi connectivity index (χ0n) is 16.2. The first-order valence-electron chi connectivity index (χ1n) is 9.53. The van der Waals surface area contributed by atoms with Crippen molar-refractivity contribution in [1.82, 2.24) is 19.8 Å². The molecule has 0 aliphatic carbocycles. The Morgan fingerprint density at radius 2 is 2.19 bits per heavy atom. The van der Waals surface area contributed by atoms with E-state index in [1.807, 2.05) is 19.2 Å². The molecule has 1 aromatic heterocycles. The van der Waals surface area contributed by atoms with E-state index in [4.69, 9.17) is 4.74 Å². The second-order valence-electron chi connectivity index (χ2n) is 7.15. The lowest BCUT2D eigenvalue weighted by Gasteiger charge is -2.34. The number of piperidine rings is 1. The van der Waals surface area contributed by atoms with Crippen molar-refractivity contribution in [2.75, 3.05) is 40.3 Å². The number of likely N-dealkylation sites (tertiary alicyclic amines) is 1. The van der Waals surface area contributed by atoms with Gasteiger partial charge >= 0.3 is 0 Å². The molecule has 1 fully saturated rings. The minimum atomic E-state index is -0.0609. The van der Waals surface area contributed by atoms with Crippen molar-refractivity contribution in [3.63, 3.8) is 0 Å². The highest BCUT2D eigenvalue weighted by Crippen LogP contribution is 2.21. The van der Waals surface area contributed by atoms with Crippen LogP contribution in [-0.4, -0.2) is 66.0 Å². The van der Waals surface area contributed by atoms with Crippen LogP contribution in [0.2, 0.25) is 0 Å². The van der Waals surface area contributed by atoms with Gasteiger partial charge in [0.05, 0.1) is 13.3 Å². The number of carbonyl (C=O) groups excluding carboxylic acids is 1. The number of hydrogen-bond donors (Lipinski definition) is 0. The molecule has 0 saturated carbocycles. The minimum Gasteiger partial charge on any atom is -0.496 e. The number of aromatic nitrogens is 2. The number of methoxy groups -OCH3 is 1. The summed E-state index contributed by atoms with van der Waals surface area (Å²) < 4.78 is 5.45. The second-order valence-corrected chi connectivity index (χ2v) is 7.15. The van der Waals surface area contributed by atoms with Crippen LogP contribution in [0.4, 0.5) is 0 Å². The van der Waals surface area contributed by atoms with E-state index < -0.39 is 0 Å². The summed E-state index contributed by atoms with van der Waals surface area (Å²) in [6, 6.07) is 8.21. The number of benzene rings is 1. The van der Waals surface area contributed by atoms with Crippen LogP contribution in [0.5, 0.6) is 5.75 Å². The zero-order valence-corrected chi connectivity index (χ0v) is 16.2. The van der Waals surface area contributed by atoms with Crippen molar-refractivity contribution in [1.29, 1.82) is 0 Å². The summed E-state index contributed by atoms with van der Waals surface area (Å²) in [5.41, 5.74) is 1.65. The van der Waals surface area contributed by atoms with Crippen LogP contribution < -0.4 is 4.74 Å². The standard InChI is InChI=1S/C21H28N4O2/c1-24(21(26)19-14-22-10-11-23-19)15-17-6-5-12-25(16-17)13-9-18-7-3-4-8-20(18)27-2/h3-4,7-8,10-11,14,17H,5-6,9,12-13,15-16H2,1-2H3/t17-/m0/s1. The summed E-state index contributed by atoms with van der Waals surface area (Å²) in [6.45, 7) is 3.90. The lowest BCUT2D eigenvalue weighted by Crippen LogP contribution is -2.42. The van der Waals surface area contributed by atoms with Gasteiger partial charge in [0.25, 0.3) is 5.91 Å². The Morgan fingerprint density at radius 3 is 2.96 bits per heavy atom. The molecule has 0 unspecified atom stereocenters. The quantitative estimate of drug-likeness (QED) is 0.752. The van der Waals surface area contributed by atoms with Gasteiger partial charge < -0.3 is 14.5 Å². The molecule has 0 radical (unpaired) electrons. The Bertz CT molecular complexity index is 738. The lowest BCUT2D eigenvalue weighted by atomic mass is 9.97. The Balaban J connectivity index is 1.51. The largest absolute Gasteiger partial charge is 0.496 e. The van der Waals surface area contributed by atoms with Crippen molar-refractivity contribution in [2.45, 2.75) is 19.3 Å². The van der Waals surface area contributed by atoms with E-state index in [1.165, 1.54) is 18.2 Å². The third-order valence-electron chi connectivity index (χ3n) is 5.15. The maximum Gasteiger partial charge on any atom is 0.273 e. The molecule has 144 valence electrons. The van der Waals surface area contributed by atoms with E-state index >= 15 is 0 Å². The van der Waals surface area contributed by atoms with Gasteiger partial charge in [0.15, 0.2) is 0 Å². The molecule has 1 aliphatic heterocycles. The lowest BCUT2D eigenvalue weighted by molar-refractivity contribution is 0.0724. The van der Waals surface area contributed by atoms with Crippen molar-refractivity contribution in [2.24, 2.45) is 5.92 Å². The summed E-state index contributed by atoms with van der Waals surface area (Å²) in [7, 11) is 3.57. The fourth-order valence-electron chi connectivity index (χ4n) is 3.77.